The average Bonchev–Trinajstić information content (AvgIpc) is 2.89. The Morgan fingerprint density at radius 2 is 2.08 bits per heavy atom. The van der Waals surface area contributed by atoms with E-state index in [4.69, 9.17) is 4.74 Å². The van der Waals surface area contributed by atoms with Crippen molar-refractivity contribution in [2.75, 3.05) is 18.6 Å². The molecular formula is C17H20N6O2. The molecule has 8 heteroatoms. The predicted octanol–water partition coefficient (Wildman–Crippen LogP) is 1.88. The molecule has 130 valence electrons. The molecule has 8 nitrogen and oxygen atoms in total. The first kappa shape index (κ1) is 16.8. The maximum atomic E-state index is 12.4. The highest BCUT2D eigenvalue weighted by molar-refractivity contribution is 6.05. The Morgan fingerprint density at radius 3 is 2.76 bits per heavy atom. The second-order valence-electron chi connectivity index (χ2n) is 5.70. The molecule has 0 aliphatic heterocycles. The molecule has 0 aromatic carbocycles. The lowest BCUT2D eigenvalue weighted by Gasteiger charge is -2.22. The van der Waals surface area contributed by atoms with Crippen LogP contribution in [0.5, 0.6) is 0 Å². The van der Waals surface area contributed by atoms with Gasteiger partial charge in [-0.2, -0.15) is 5.10 Å². The molecule has 0 N–H and O–H groups in total. The van der Waals surface area contributed by atoms with E-state index in [1.165, 1.54) is 0 Å². The Morgan fingerprint density at radius 1 is 1.28 bits per heavy atom. The van der Waals surface area contributed by atoms with Gasteiger partial charge in [0.25, 0.3) is 0 Å². The van der Waals surface area contributed by atoms with Crippen molar-refractivity contribution in [1.82, 2.24) is 24.7 Å². The summed E-state index contributed by atoms with van der Waals surface area (Å²) in [6.45, 7) is 4.48. The number of aryl methyl sites for hydroxylation is 2. The standard InChI is InChI=1S/C17H20N6O2/c1-5-25-17(24)13-9-20-16-14(11(2)21-23(16)4)15(13)22(3)10-12-8-18-6-7-19-12/h6-9H,5,10H2,1-4H3. The summed E-state index contributed by atoms with van der Waals surface area (Å²) in [5.74, 6) is -0.402. The molecule has 3 rings (SSSR count). The normalized spacial score (nSPS) is 10.9. The smallest absolute Gasteiger partial charge is 0.341 e. The third kappa shape index (κ3) is 3.15. The number of pyridine rings is 1. The first-order chi connectivity index (χ1) is 12.0. The van der Waals surface area contributed by atoms with Crippen molar-refractivity contribution in [3.63, 3.8) is 0 Å². The van der Waals surface area contributed by atoms with Gasteiger partial charge in [-0.15, -0.1) is 0 Å². The molecular weight excluding hydrogens is 320 g/mol. The SMILES string of the molecule is CCOC(=O)c1cnc2c(c(C)nn2C)c1N(C)Cc1cnccn1. The number of carbonyl (C=O) groups is 1. The molecule has 0 fully saturated rings. The van der Waals surface area contributed by atoms with Crippen LogP contribution >= 0.6 is 0 Å². The second kappa shape index (κ2) is 6.84. The van der Waals surface area contributed by atoms with Crippen molar-refractivity contribution in [3.8, 4) is 0 Å². The fourth-order valence-electron chi connectivity index (χ4n) is 2.88. The van der Waals surface area contributed by atoms with E-state index in [2.05, 4.69) is 20.1 Å². The van der Waals surface area contributed by atoms with Crippen molar-refractivity contribution in [2.45, 2.75) is 20.4 Å². The fourth-order valence-corrected chi connectivity index (χ4v) is 2.88. The van der Waals surface area contributed by atoms with Crippen LogP contribution in [0.4, 0.5) is 5.69 Å². The lowest BCUT2D eigenvalue weighted by atomic mass is 10.1. The van der Waals surface area contributed by atoms with E-state index in [0.717, 1.165) is 22.5 Å². The number of nitrogens with zero attached hydrogens (tertiary/aromatic N) is 6. The number of anilines is 1. The minimum atomic E-state index is -0.402. The number of hydrogen-bond acceptors (Lipinski definition) is 7. The Balaban J connectivity index is 2.15. The zero-order valence-electron chi connectivity index (χ0n) is 14.7. The number of aromatic nitrogens is 5. The molecule has 0 aliphatic carbocycles. The number of ether oxygens (including phenoxy) is 1. The average molecular weight is 340 g/mol. The molecule has 3 aromatic heterocycles. The van der Waals surface area contributed by atoms with Crippen molar-refractivity contribution in [1.29, 1.82) is 0 Å². The second-order valence-corrected chi connectivity index (χ2v) is 5.70. The summed E-state index contributed by atoms with van der Waals surface area (Å²) in [4.78, 5) is 27.2. The minimum Gasteiger partial charge on any atom is -0.462 e. The maximum Gasteiger partial charge on any atom is 0.341 e. The molecule has 0 saturated heterocycles. The lowest BCUT2D eigenvalue weighted by Crippen LogP contribution is -2.21. The van der Waals surface area contributed by atoms with Gasteiger partial charge < -0.3 is 9.64 Å². The Bertz CT molecular complexity index is 906. The molecule has 0 radical (unpaired) electrons. The van der Waals surface area contributed by atoms with E-state index in [-0.39, 0.29) is 0 Å². The zero-order valence-corrected chi connectivity index (χ0v) is 14.7. The minimum absolute atomic E-state index is 0.302. The van der Waals surface area contributed by atoms with Crippen LogP contribution in [0, 0.1) is 6.92 Å². The summed E-state index contributed by atoms with van der Waals surface area (Å²) >= 11 is 0. The molecule has 0 saturated carbocycles. The van der Waals surface area contributed by atoms with Gasteiger partial charge in [0.05, 0.1) is 41.8 Å². The van der Waals surface area contributed by atoms with Crippen molar-refractivity contribution in [2.24, 2.45) is 7.05 Å². The first-order valence-corrected chi connectivity index (χ1v) is 7.98. The number of fused-ring (bicyclic) bond motifs is 1. The summed E-state index contributed by atoms with van der Waals surface area (Å²) < 4.78 is 6.91. The maximum absolute atomic E-state index is 12.4. The summed E-state index contributed by atoms with van der Waals surface area (Å²) in [6, 6.07) is 0. The van der Waals surface area contributed by atoms with Crippen LogP contribution in [0.1, 0.15) is 28.7 Å². The van der Waals surface area contributed by atoms with Gasteiger partial charge >= 0.3 is 5.97 Å². The van der Waals surface area contributed by atoms with Gasteiger partial charge in [0.15, 0.2) is 5.65 Å². The number of hydrogen-bond donors (Lipinski definition) is 0. The Labute approximate surface area is 145 Å². The van der Waals surface area contributed by atoms with E-state index < -0.39 is 5.97 Å². The van der Waals surface area contributed by atoms with Crippen LogP contribution in [0.2, 0.25) is 0 Å². The van der Waals surface area contributed by atoms with Gasteiger partial charge in [0, 0.05) is 32.7 Å². The fraction of sp³-hybridized carbons (Fsp3) is 0.353. The van der Waals surface area contributed by atoms with Gasteiger partial charge in [-0.1, -0.05) is 0 Å². The van der Waals surface area contributed by atoms with Crippen LogP contribution in [-0.4, -0.2) is 44.4 Å². The third-order valence-corrected chi connectivity index (χ3v) is 3.89. The van der Waals surface area contributed by atoms with Gasteiger partial charge in [-0.05, 0) is 13.8 Å². The molecule has 0 spiro atoms. The van der Waals surface area contributed by atoms with E-state index in [1.807, 2.05) is 25.9 Å². The van der Waals surface area contributed by atoms with E-state index in [1.54, 1.807) is 36.4 Å². The number of carbonyl (C=O) groups excluding carboxylic acids is 1. The van der Waals surface area contributed by atoms with Gasteiger partial charge in [-0.25, -0.2) is 9.78 Å². The highest BCUT2D eigenvalue weighted by Crippen LogP contribution is 2.32. The van der Waals surface area contributed by atoms with Crippen LogP contribution in [0.3, 0.4) is 0 Å². The summed E-state index contributed by atoms with van der Waals surface area (Å²) in [5, 5.41) is 5.27. The molecule has 3 heterocycles. The summed E-state index contributed by atoms with van der Waals surface area (Å²) in [7, 11) is 3.73. The summed E-state index contributed by atoms with van der Waals surface area (Å²) in [6.07, 6.45) is 6.52. The first-order valence-electron chi connectivity index (χ1n) is 7.98. The van der Waals surface area contributed by atoms with Gasteiger partial charge in [0.1, 0.15) is 5.56 Å². The Kier molecular flexibility index (Phi) is 4.60. The molecule has 3 aromatic rings. The molecule has 25 heavy (non-hydrogen) atoms. The molecule has 0 amide bonds. The van der Waals surface area contributed by atoms with E-state index >= 15 is 0 Å². The highest BCUT2D eigenvalue weighted by Gasteiger charge is 2.23. The predicted molar refractivity (Wildman–Crippen MR) is 93.3 cm³/mol. The van der Waals surface area contributed by atoms with Crippen LogP contribution in [0.15, 0.2) is 24.8 Å². The molecule has 0 aliphatic rings. The number of rotatable bonds is 5. The third-order valence-electron chi connectivity index (χ3n) is 3.89. The molecule has 0 bridgehead atoms. The highest BCUT2D eigenvalue weighted by atomic mass is 16.5. The van der Waals surface area contributed by atoms with Crippen molar-refractivity contribution < 1.29 is 9.53 Å². The quantitative estimate of drug-likeness (QED) is 0.655. The van der Waals surface area contributed by atoms with Crippen LogP contribution in [0.25, 0.3) is 11.0 Å². The number of esters is 1. The molecule has 0 unspecified atom stereocenters. The topological polar surface area (TPSA) is 86.0 Å². The van der Waals surface area contributed by atoms with E-state index in [9.17, 15) is 4.79 Å². The van der Waals surface area contributed by atoms with Crippen LogP contribution in [-0.2, 0) is 18.3 Å². The van der Waals surface area contributed by atoms with Crippen molar-refractivity contribution >= 4 is 22.7 Å². The Hall–Kier alpha value is -3.03. The van der Waals surface area contributed by atoms with Crippen LogP contribution < -0.4 is 4.90 Å². The zero-order chi connectivity index (χ0) is 18.0. The lowest BCUT2D eigenvalue weighted by molar-refractivity contribution is 0.0527. The van der Waals surface area contributed by atoms with E-state index in [0.29, 0.717) is 24.4 Å². The monoisotopic (exact) mass is 340 g/mol. The molecule has 0 atom stereocenters. The summed E-state index contributed by atoms with van der Waals surface area (Å²) in [5.41, 5.74) is 3.46. The van der Waals surface area contributed by atoms with Gasteiger partial charge in [-0.3, -0.25) is 14.6 Å². The van der Waals surface area contributed by atoms with Gasteiger partial charge in [0.2, 0.25) is 0 Å². The van der Waals surface area contributed by atoms with Crippen molar-refractivity contribution in [3.05, 3.63) is 41.7 Å². The largest absolute Gasteiger partial charge is 0.462 e.